The smallest absolute Gasteiger partial charge is 0.176 e. The van der Waals surface area contributed by atoms with E-state index in [4.69, 9.17) is 0 Å². The van der Waals surface area contributed by atoms with Crippen molar-refractivity contribution in [2.45, 2.75) is 13.8 Å². The second-order valence-electron chi connectivity index (χ2n) is 3.65. The lowest BCUT2D eigenvalue weighted by molar-refractivity contribution is -0.114. The van der Waals surface area contributed by atoms with Crippen LogP contribution in [0.15, 0.2) is 23.8 Å². The number of hydrogen-bond donors (Lipinski definition) is 1. The van der Waals surface area contributed by atoms with Crippen molar-refractivity contribution in [1.29, 1.82) is 0 Å². The fourth-order valence-corrected chi connectivity index (χ4v) is 1.37. The highest BCUT2D eigenvalue weighted by Crippen LogP contribution is 2.22. The highest BCUT2D eigenvalue weighted by atomic mass is 16.1. The maximum Gasteiger partial charge on any atom is 0.176 e. The van der Waals surface area contributed by atoms with Gasteiger partial charge in [0.15, 0.2) is 5.78 Å². The van der Waals surface area contributed by atoms with Gasteiger partial charge in [-0.2, -0.15) is 0 Å². The van der Waals surface area contributed by atoms with E-state index in [1.807, 2.05) is 6.08 Å². The Bertz CT molecular complexity index is 253. The summed E-state index contributed by atoms with van der Waals surface area (Å²) in [6.07, 6.45) is 6.10. The molecule has 0 heterocycles. The Morgan fingerprint density at radius 1 is 1.46 bits per heavy atom. The number of Topliss-reactive ketones (excluding diaryl/α,β-unsaturated/α-hetero) is 1. The topological polar surface area (TPSA) is 29.1 Å². The minimum absolute atomic E-state index is 0.178. The van der Waals surface area contributed by atoms with Crippen LogP contribution in [0.2, 0.25) is 0 Å². The molecular weight excluding hydrogens is 162 g/mol. The van der Waals surface area contributed by atoms with Crippen LogP contribution in [0.5, 0.6) is 0 Å². The number of carbonyl (C=O) groups excluding carboxylic acids is 1. The van der Waals surface area contributed by atoms with Crippen LogP contribution in [0.1, 0.15) is 13.8 Å². The molecule has 1 N–H and O–H groups in total. The molecule has 0 spiro atoms. The molecule has 2 heteroatoms. The second kappa shape index (κ2) is 4.38. The summed E-state index contributed by atoms with van der Waals surface area (Å²) >= 11 is 0. The normalized spacial score (nSPS) is 27.2. The first-order valence-corrected chi connectivity index (χ1v) is 4.73. The predicted molar refractivity (Wildman–Crippen MR) is 54.5 cm³/mol. The molecule has 0 amide bonds. The number of nitrogens with one attached hydrogen (secondary N) is 1. The van der Waals surface area contributed by atoms with Gasteiger partial charge in [0, 0.05) is 5.57 Å². The zero-order valence-electron chi connectivity index (χ0n) is 8.50. The largest absolute Gasteiger partial charge is 0.313 e. The lowest BCUT2D eigenvalue weighted by Gasteiger charge is -2.18. The van der Waals surface area contributed by atoms with Crippen molar-refractivity contribution in [3.8, 4) is 0 Å². The lowest BCUT2D eigenvalue weighted by atomic mass is 9.87. The number of carbonyl (C=O) groups is 1. The van der Waals surface area contributed by atoms with Crippen molar-refractivity contribution in [3.63, 3.8) is 0 Å². The number of ketones is 1. The van der Waals surface area contributed by atoms with Gasteiger partial charge in [0.25, 0.3) is 0 Å². The molecule has 1 rings (SSSR count). The molecule has 0 saturated carbocycles. The summed E-state index contributed by atoms with van der Waals surface area (Å²) in [6.45, 7) is 4.73. The van der Waals surface area contributed by atoms with Gasteiger partial charge < -0.3 is 5.32 Å². The predicted octanol–water partition coefficient (Wildman–Crippen LogP) is 1.54. The monoisotopic (exact) mass is 179 g/mol. The molecule has 72 valence electrons. The van der Waals surface area contributed by atoms with Crippen molar-refractivity contribution >= 4 is 5.78 Å². The van der Waals surface area contributed by atoms with Crippen LogP contribution >= 0.6 is 0 Å². The average molecular weight is 179 g/mol. The van der Waals surface area contributed by atoms with Gasteiger partial charge in [-0.25, -0.2) is 0 Å². The zero-order valence-corrected chi connectivity index (χ0v) is 8.50. The third kappa shape index (κ3) is 2.52. The van der Waals surface area contributed by atoms with Crippen molar-refractivity contribution < 1.29 is 4.79 Å². The average Bonchev–Trinajstić information content (AvgIpc) is 2.10. The summed E-state index contributed by atoms with van der Waals surface area (Å²) in [5, 5.41) is 2.87. The first kappa shape index (κ1) is 10.2. The standard InChI is InChI=1S/C11H17NO/c1-8-4-5-10(6-9(8)2)11(13)7-12-3/h4-6,8-9,12H,7H2,1-3H3. The summed E-state index contributed by atoms with van der Waals surface area (Å²) in [5.74, 6) is 1.20. The van der Waals surface area contributed by atoms with Crippen LogP contribution in [0.25, 0.3) is 0 Å². The van der Waals surface area contributed by atoms with Crippen molar-refractivity contribution in [2.24, 2.45) is 11.8 Å². The number of likely N-dealkylation sites (N-methyl/N-ethyl adjacent to an activating group) is 1. The van der Waals surface area contributed by atoms with Crippen LogP contribution in [0, 0.1) is 11.8 Å². The van der Waals surface area contributed by atoms with Crippen LogP contribution in [0.4, 0.5) is 0 Å². The van der Waals surface area contributed by atoms with Gasteiger partial charge in [-0.1, -0.05) is 32.1 Å². The molecule has 0 aromatic heterocycles. The van der Waals surface area contributed by atoms with Crippen molar-refractivity contribution in [2.75, 3.05) is 13.6 Å². The van der Waals surface area contributed by atoms with E-state index in [1.165, 1.54) is 0 Å². The molecule has 13 heavy (non-hydrogen) atoms. The summed E-state index contributed by atoms with van der Waals surface area (Å²) < 4.78 is 0. The quantitative estimate of drug-likeness (QED) is 0.712. The molecule has 0 saturated heterocycles. The van der Waals surface area contributed by atoms with Gasteiger partial charge >= 0.3 is 0 Å². The number of rotatable bonds is 3. The van der Waals surface area contributed by atoms with E-state index in [1.54, 1.807) is 7.05 Å². The van der Waals surface area contributed by atoms with E-state index in [0.29, 0.717) is 18.4 Å². The van der Waals surface area contributed by atoms with Crippen LogP contribution in [-0.4, -0.2) is 19.4 Å². The molecule has 0 aromatic rings. The highest BCUT2D eigenvalue weighted by molar-refractivity contribution is 5.99. The molecule has 2 atom stereocenters. The first-order chi connectivity index (χ1) is 6.15. The molecule has 0 aliphatic heterocycles. The molecule has 0 fully saturated rings. The zero-order chi connectivity index (χ0) is 9.84. The van der Waals surface area contributed by atoms with Crippen LogP contribution < -0.4 is 5.32 Å². The van der Waals surface area contributed by atoms with E-state index in [-0.39, 0.29) is 5.78 Å². The minimum Gasteiger partial charge on any atom is -0.313 e. The van der Waals surface area contributed by atoms with E-state index in [9.17, 15) is 4.79 Å². The van der Waals surface area contributed by atoms with Gasteiger partial charge in [-0.05, 0) is 18.9 Å². The summed E-state index contributed by atoms with van der Waals surface area (Å²) in [5.41, 5.74) is 0.847. The van der Waals surface area contributed by atoms with Crippen molar-refractivity contribution in [1.82, 2.24) is 5.32 Å². The van der Waals surface area contributed by atoms with E-state index >= 15 is 0 Å². The minimum atomic E-state index is 0.178. The first-order valence-electron chi connectivity index (χ1n) is 4.73. The Labute approximate surface area is 79.7 Å². The fraction of sp³-hybridized carbons (Fsp3) is 0.545. The third-order valence-electron chi connectivity index (χ3n) is 2.51. The fourth-order valence-electron chi connectivity index (χ4n) is 1.37. The Kier molecular flexibility index (Phi) is 3.43. The SMILES string of the molecule is CNCC(=O)C1=CC(C)C(C)C=C1. The number of allylic oxidation sites excluding steroid dienone is 3. The summed E-state index contributed by atoms with van der Waals surface area (Å²) in [4.78, 5) is 11.5. The van der Waals surface area contributed by atoms with E-state index in [0.717, 1.165) is 5.57 Å². The number of hydrogen-bond acceptors (Lipinski definition) is 2. The van der Waals surface area contributed by atoms with Gasteiger partial charge in [-0.3, -0.25) is 4.79 Å². The Morgan fingerprint density at radius 2 is 2.15 bits per heavy atom. The Balaban J connectivity index is 2.67. The van der Waals surface area contributed by atoms with E-state index < -0.39 is 0 Å². The summed E-state index contributed by atoms with van der Waals surface area (Å²) in [7, 11) is 1.79. The van der Waals surface area contributed by atoms with Crippen LogP contribution in [0.3, 0.4) is 0 Å². The molecule has 0 aromatic carbocycles. The second-order valence-corrected chi connectivity index (χ2v) is 3.65. The van der Waals surface area contributed by atoms with Crippen LogP contribution in [-0.2, 0) is 4.79 Å². The van der Waals surface area contributed by atoms with Gasteiger partial charge in [-0.15, -0.1) is 0 Å². The lowest BCUT2D eigenvalue weighted by Crippen LogP contribution is -2.21. The maximum atomic E-state index is 11.5. The molecule has 2 unspecified atom stereocenters. The molecule has 0 radical (unpaired) electrons. The van der Waals surface area contributed by atoms with Gasteiger partial charge in [0.1, 0.15) is 0 Å². The molecule has 1 aliphatic rings. The molecular formula is C11H17NO. The molecule has 0 bridgehead atoms. The molecule has 2 nitrogen and oxygen atoms in total. The Hall–Kier alpha value is -0.890. The maximum absolute atomic E-state index is 11.5. The van der Waals surface area contributed by atoms with Gasteiger partial charge in [0.2, 0.25) is 0 Å². The van der Waals surface area contributed by atoms with Gasteiger partial charge in [0.05, 0.1) is 6.54 Å². The Morgan fingerprint density at radius 3 is 2.69 bits per heavy atom. The van der Waals surface area contributed by atoms with Crippen molar-refractivity contribution in [3.05, 3.63) is 23.8 Å². The highest BCUT2D eigenvalue weighted by Gasteiger charge is 2.15. The summed E-state index contributed by atoms with van der Waals surface area (Å²) in [6, 6.07) is 0. The third-order valence-corrected chi connectivity index (χ3v) is 2.51. The van der Waals surface area contributed by atoms with E-state index in [2.05, 4.69) is 31.3 Å². The molecule has 1 aliphatic carbocycles.